The van der Waals surface area contributed by atoms with E-state index in [0.29, 0.717) is 35.1 Å². The molecular weight excluding hydrogens is 304 g/mol. The molecule has 0 aliphatic carbocycles. The lowest BCUT2D eigenvalue weighted by atomic mass is 10.2. The number of carbonyl (C=O) groups excluding carboxylic acids is 2. The van der Waals surface area contributed by atoms with Gasteiger partial charge >= 0.3 is 6.09 Å². The van der Waals surface area contributed by atoms with Gasteiger partial charge in [0, 0.05) is 11.4 Å². The van der Waals surface area contributed by atoms with E-state index in [2.05, 4.69) is 5.32 Å². The number of benzene rings is 2. The molecule has 0 spiro atoms. The van der Waals surface area contributed by atoms with E-state index in [1.54, 1.807) is 48.5 Å². The van der Waals surface area contributed by atoms with Crippen molar-refractivity contribution in [3.05, 3.63) is 59.1 Å². The minimum Gasteiger partial charge on any atom is -0.447 e. The fourth-order valence-electron chi connectivity index (χ4n) is 2.22. The number of anilines is 2. The predicted molar refractivity (Wildman–Crippen MR) is 84.5 cm³/mol. The molecule has 6 heteroatoms. The van der Waals surface area contributed by atoms with E-state index < -0.39 is 0 Å². The topological polar surface area (TPSA) is 58.6 Å². The lowest BCUT2D eigenvalue weighted by Crippen LogP contribution is -2.23. The van der Waals surface area contributed by atoms with Crippen molar-refractivity contribution in [1.82, 2.24) is 0 Å². The number of amides is 2. The van der Waals surface area contributed by atoms with Crippen LogP contribution in [-0.4, -0.2) is 25.2 Å². The number of hydrogen-bond acceptors (Lipinski definition) is 3. The van der Waals surface area contributed by atoms with E-state index >= 15 is 0 Å². The summed E-state index contributed by atoms with van der Waals surface area (Å²) in [5.74, 6) is -0.299. The standard InChI is InChI=1S/C16H13ClN2O3/c17-14-7-2-1-6-13(14)15(20)18-11-4-3-5-12(10-11)19-8-9-22-16(19)21/h1-7,10H,8-9H2,(H,18,20). The third-order valence-electron chi connectivity index (χ3n) is 3.29. The first-order valence-corrected chi connectivity index (χ1v) is 7.13. The zero-order valence-electron chi connectivity index (χ0n) is 11.6. The largest absolute Gasteiger partial charge is 0.447 e. The van der Waals surface area contributed by atoms with Crippen LogP contribution in [0.3, 0.4) is 0 Å². The van der Waals surface area contributed by atoms with Crippen molar-refractivity contribution >= 4 is 35.0 Å². The summed E-state index contributed by atoms with van der Waals surface area (Å²) >= 11 is 6.01. The Morgan fingerprint density at radius 2 is 2.00 bits per heavy atom. The molecule has 0 unspecified atom stereocenters. The van der Waals surface area contributed by atoms with E-state index in [-0.39, 0.29) is 12.0 Å². The lowest BCUT2D eigenvalue weighted by Gasteiger charge is -2.14. The summed E-state index contributed by atoms with van der Waals surface area (Å²) in [6, 6.07) is 13.9. The van der Waals surface area contributed by atoms with Crippen molar-refractivity contribution in [3.8, 4) is 0 Å². The zero-order chi connectivity index (χ0) is 15.5. The van der Waals surface area contributed by atoms with Gasteiger partial charge in [0.1, 0.15) is 6.61 Å². The Morgan fingerprint density at radius 1 is 1.18 bits per heavy atom. The third kappa shape index (κ3) is 2.89. The summed E-state index contributed by atoms with van der Waals surface area (Å²) < 4.78 is 4.91. The first-order valence-electron chi connectivity index (χ1n) is 6.75. The van der Waals surface area contributed by atoms with Gasteiger partial charge in [-0.2, -0.15) is 0 Å². The van der Waals surface area contributed by atoms with Gasteiger partial charge in [0.05, 0.1) is 17.1 Å². The van der Waals surface area contributed by atoms with Gasteiger partial charge in [-0.1, -0.05) is 29.8 Å². The van der Waals surface area contributed by atoms with E-state index in [1.807, 2.05) is 0 Å². The molecule has 5 nitrogen and oxygen atoms in total. The Labute approximate surface area is 132 Å². The number of nitrogens with zero attached hydrogens (tertiary/aromatic N) is 1. The molecule has 2 aromatic carbocycles. The molecule has 1 aliphatic rings. The van der Waals surface area contributed by atoms with Crippen molar-refractivity contribution in [2.75, 3.05) is 23.4 Å². The Morgan fingerprint density at radius 3 is 2.73 bits per heavy atom. The van der Waals surface area contributed by atoms with Crippen LogP contribution in [-0.2, 0) is 4.74 Å². The smallest absolute Gasteiger partial charge is 0.414 e. The Hall–Kier alpha value is -2.53. The van der Waals surface area contributed by atoms with Crippen LogP contribution in [0.5, 0.6) is 0 Å². The van der Waals surface area contributed by atoms with Crippen LogP contribution in [0.1, 0.15) is 10.4 Å². The van der Waals surface area contributed by atoms with Crippen LogP contribution in [0, 0.1) is 0 Å². The molecule has 1 saturated heterocycles. The van der Waals surface area contributed by atoms with Gasteiger partial charge in [0.2, 0.25) is 0 Å². The van der Waals surface area contributed by atoms with Gasteiger partial charge in [-0.25, -0.2) is 4.79 Å². The quantitative estimate of drug-likeness (QED) is 0.942. The summed E-state index contributed by atoms with van der Waals surface area (Å²) in [7, 11) is 0. The van der Waals surface area contributed by atoms with Crippen LogP contribution in [0.15, 0.2) is 48.5 Å². The highest BCUT2D eigenvalue weighted by molar-refractivity contribution is 6.34. The molecule has 1 N–H and O–H groups in total. The molecule has 2 aromatic rings. The van der Waals surface area contributed by atoms with Crippen molar-refractivity contribution in [1.29, 1.82) is 0 Å². The molecule has 0 aromatic heterocycles. The summed E-state index contributed by atoms with van der Waals surface area (Å²) in [5.41, 5.74) is 1.66. The number of carbonyl (C=O) groups is 2. The summed E-state index contributed by atoms with van der Waals surface area (Å²) in [4.78, 5) is 25.3. The SMILES string of the molecule is O=C(Nc1cccc(N2CCOC2=O)c1)c1ccccc1Cl. The number of halogens is 1. The number of nitrogens with one attached hydrogen (secondary N) is 1. The van der Waals surface area contributed by atoms with Crippen LogP contribution in [0.4, 0.5) is 16.2 Å². The van der Waals surface area contributed by atoms with Crippen LogP contribution in [0.25, 0.3) is 0 Å². The highest BCUT2D eigenvalue weighted by Gasteiger charge is 2.23. The van der Waals surface area contributed by atoms with E-state index in [1.165, 1.54) is 4.90 Å². The zero-order valence-corrected chi connectivity index (χ0v) is 12.3. The van der Waals surface area contributed by atoms with Gasteiger partial charge in [-0.15, -0.1) is 0 Å². The number of ether oxygens (including phenoxy) is 1. The maximum absolute atomic E-state index is 12.2. The second kappa shape index (κ2) is 6.07. The van der Waals surface area contributed by atoms with Gasteiger partial charge < -0.3 is 10.1 Å². The first kappa shape index (κ1) is 14.4. The molecule has 22 heavy (non-hydrogen) atoms. The maximum Gasteiger partial charge on any atom is 0.414 e. The Bertz CT molecular complexity index is 733. The third-order valence-corrected chi connectivity index (χ3v) is 3.62. The molecule has 0 radical (unpaired) electrons. The molecule has 0 atom stereocenters. The van der Waals surface area contributed by atoms with E-state index in [9.17, 15) is 9.59 Å². The number of rotatable bonds is 3. The summed E-state index contributed by atoms with van der Waals surface area (Å²) in [6.45, 7) is 0.871. The monoisotopic (exact) mass is 316 g/mol. The highest BCUT2D eigenvalue weighted by Crippen LogP contribution is 2.23. The molecule has 0 saturated carbocycles. The van der Waals surface area contributed by atoms with Crippen molar-refractivity contribution in [3.63, 3.8) is 0 Å². The van der Waals surface area contributed by atoms with Gasteiger partial charge in [-0.3, -0.25) is 9.69 Å². The minimum atomic E-state index is -0.380. The highest BCUT2D eigenvalue weighted by atomic mass is 35.5. The van der Waals surface area contributed by atoms with Gasteiger partial charge in [-0.05, 0) is 30.3 Å². The van der Waals surface area contributed by atoms with Crippen LogP contribution >= 0.6 is 11.6 Å². The number of hydrogen-bond donors (Lipinski definition) is 1. The van der Waals surface area contributed by atoms with Crippen LogP contribution in [0.2, 0.25) is 5.02 Å². The van der Waals surface area contributed by atoms with Crippen molar-refractivity contribution in [2.24, 2.45) is 0 Å². The molecule has 3 rings (SSSR count). The average Bonchev–Trinajstić information content (AvgIpc) is 2.94. The van der Waals surface area contributed by atoms with Crippen molar-refractivity contribution in [2.45, 2.75) is 0 Å². The molecule has 1 aliphatic heterocycles. The fraction of sp³-hybridized carbons (Fsp3) is 0.125. The predicted octanol–water partition coefficient (Wildman–Crippen LogP) is 3.55. The second-order valence-electron chi connectivity index (χ2n) is 4.75. The maximum atomic E-state index is 12.2. The molecule has 1 fully saturated rings. The molecule has 2 amide bonds. The molecule has 112 valence electrons. The number of cyclic esters (lactones) is 1. The van der Waals surface area contributed by atoms with Crippen molar-refractivity contribution < 1.29 is 14.3 Å². The summed E-state index contributed by atoms with van der Waals surface area (Å²) in [6.07, 6.45) is -0.380. The minimum absolute atomic E-state index is 0.299. The summed E-state index contributed by atoms with van der Waals surface area (Å²) in [5, 5.41) is 3.16. The Balaban J connectivity index is 1.80. The Kier molecular flexibility index (Phi) is 3.98. The van der Waals surface area contributed by atoms with Gasteiger partial charge in [0.25, 0.3) is 5.91 Å². The van der Waals surface area contributed by atoms with Gasteiger partial charge in [0.15, 0.2) is 0 Å². The molecule has 1 heterocycles. The van der Waals surface area contributed by atoms with E-state index in [4.69, 9.17) is 16.3 Å². The lowest BCUT2D eigenvalue weighted by molar-refractivity contribution is 0.102. The van der Waals surface area contributed by atoms with E-state index in [0.717, 1.165) is 0 Å². The fourth-order valence-corrected chi connectivity index (χ4v) is 2.44. The average molecular weight is 317 g/mol. The normalized spacial score (nSPS) is 13.9. The molecular formula is C16H13ClN2O3. The second-order valence-corrected chi connectivity index (χ2v) is 5.16. The first-order chi connectivity index (χ1) is 10.6. The molecule has 0 bridgehead atoms. The van der Waals surface area contributed by atoms with Crippen LogP contribution < -0.4 is 10.2 Å².